The third-order valence-corrected chi connectivity index (χ3v) is 10.2. The highest BCUT2D eigenvalue weighted by Crippen LogP contribution is 2.70. The topological polar surface area (TPSA) is 83.6 Å². The molecule has 5 fully saturated rings. The van der Waals surface area contributed by atoms with E-state index in [0.29, 0.717) is 42.2 Å². The van der Waals surface area contributed by atoms with Crippen LogP contribution in [-0.4, -0.2) is 43.5 Å². The van der Waals surface area contributed by atoms with E-state index in [-0.39, 0.29) is 11.8 Å². The van der Waals surface area contributed by atoms with Gasteiger partial charge in [-0.05, 0) is 75.3 Å². The first-order valence-corrected chi connectivity index (χ1v) is 13.1. The summed E-state index contributed by atoms with van der Waals surface area (Å²) in [6, 6.07) is 6.74. The molecule has 1 spiro atoms. The number of carbonyl (C=O) groups is 2. The zero-order chi connectivity index (χ0) is 21.9. The quantitative estimate of drug-likeness (QED) is 0.707. The zero-order valence-corrected chi connectivity index (χ0v) is 19.0. The van der Waals surface area contributed by atoms with Gasteiger partial charge in [-0.15, -0.1) is 0 Å². The zero-order valence-electron chi connectivity index (χ0n) is 18.2. The minimum absolute atomic E-state index is 0.144. The number of benzene rings is 1. The van der Waals surface area contributed by atoms with Crippen molar-refractivity contribution in [2.45, 2.75) is 75.6 Å². The largest absolute Gasteiger partial charge is 0.347 e. The van der Waals surface area contributed by atoms with Crippen LogP contribution < -0.4 is 5.32 Å². The number of sulfonamides is 1. The molecule has 1 saturated heterocycles. The number of ketones is 1. The predicted octanol–water partition coefficient (Wildman–Crippen LogP) is 3.19. The monoisotopic (exact) mass is 444 g/mol. The molecule has 7 heteroatoms. The highest BCUT2D eigenvalue weighted by Gasteiger charge is 2.64. The van der Waals surface area contributed by atoms with Gasteiger partial charge in [-0.1, -0.05) is 30.5 Å². The summed E-state index contributed by atoms with van der Waals surface area (Å²) in [5.74, 6) is -0.0534. The Kier molecular flexibility index (Phi) is 5.05. The summed E-state index contributed by atoms with van der Waals surface area (Å²) in [6.07, 6.45) is 8.68. The molecule has 1 atom stereocenters. The van der Waals surface area contributed by atoms with Gasteiger partial charge in [0.15, 0.2) is 0 Å². The van der Waals surface area contributed by atoms with E-state index in [2.05, 4.69) is 5.32 Å². The van der Waals surface area contributed by atoms with Crippen LogP contribution in [0.25, 0.3) is 0 Å². The summed E-state index contributed by atoms with van der Waals surface area (Å²) in [6.45, 7) is 2.63. The van der Waals surface area contributed by atoms with Crippen LogP contribution in [0, 0.1) is 23.7 Å². The number of aryl methyl sites for hydroxylation is 1. The van der Waals surface area contributed by atoms with Gasteiger partial charge in [0.2, 0.25) is 15.8 Å². The van der Waals surface area contributed by atoms with E-state index in [4.69, 9.17) is 0 Å². The number of amides is 1. The van der Waals surface area contributed by atoms with E-state index in [1.54, 1.807) is 24.3 Å². The lowest BCUT2D eigenvalue weighted by atomic mass is 9.39. The fraction of sp³-hybridized carbons (Fsp3) is 0.667. The van der Waals surface area contributed by atoms with Crippen LogP contribution in [0.1, 0.15) is 63.4 Å². The molecule has 4 saturated carbocycles. The standard InChI is InChI=1S/C24H32N2O4S/c1-17-4-6-20(7-5-17)31(29,30)26-11-8-19(9-12-26)25-22(28)21(27)24-14-18-3-2-10-23(13-18,15-24)16-24/h4-7,18-19H,2-3,8-16H2,1H3,(H,25,28). The van der Waals surface area contributed by atoms with Crippen LogP contribution in [0.4, 0.5) is 0 Å². The number of carbonyl (C=O) groups excluding carboxylic acids is 2. The predicted molar refractivity (Wildman–Crippen MR) is 117 cm³/mol. The van der Waals surface area contributed by atoms with E-state index in [9.17, 15) is 18.0 Å². The minimum Gasteiger partial charge on any atom is -0.347 e. The molecule has 1 amide bonds. The van der Waals surface area contributed by atoms with E-state index < -0.39 is 21.3 Å². The molecule has 1 aliphatic heterocycles. The Balaban J connectivity index is 1.17. The molecule has 0 aromatic heterocycles. The van der Waals surface area contributed by atoms with Crippen molar-refractivity contribution < 1.29 is 18.0 Å². The summed E-state index contributed by atoms with van der Waals surface area (Å²) in [7, 11) is -3.52. The Morgan fingerprint density at radius 3 is 2.35 bits per heavy atom. The van der Waals surface area contributed by atoms with Gasteiger partial charge in [-0.25, -0.2) is 8.42 Å². The molecule has 1 aromatic rings. The normalized spacial score (nSPS) is 33.4. The van der Waals surface area contributed by atoms with Crippen molar-refractivity contribution in [3.63, 3.8) is 0 Å². The number of hydrogen-bond acceptors (Lipinski definition) is 4. The highest BCUT2D eigenvalue weighted by molar-refractivity contribution is 7.89. The summed E-state index contributed by atoms with van der Waals surface area (Å²) < 4.78 is 27.2. The second kappa shape index (κ2) is 7.41. The molecule has 168 valence electrons. The molecule has 31 heavy (non-hydrogen) atoms. The maximum Gasteiger partial charge on any atom is 0.288 e. The van der Waals surface area contributed by atoms with Gasteiger partial charge >= 0.3 is 0 Å². The van der Waals surface area contributed by atoms with E-state index in [0.717, 1.165) is 24.8 Å². The van der Waals surface area contributed by atoms with Gasteiger partial charge in [0, 0.05) is 24.5 Å². The number of piperidine rings is 1. The molecule has 6 nitrogen and oxygen atoms in total. The van der Waals surface area contributed by atoms with Gasteiger partial charge in [0.1, 0.15) is 0 Å². The lowest BCUT2D eigenvalue weighted by Crippen LogP contribution is -2.61. The number of Topliss-reactive ketones (excluding diaryl/α,β-unsaturated/α-hetero) is 1. The average Bonchev–Trinajstić information content (AvgIpc) is 2.72. The fourth-order valence-corrected chi connectivity index (χ4v) is 8.47. The Labute approximate surface area is 184 Å². The van der Waals surface area contributed by atoms with Crippen LogP contribution in [0.2, 0.25) is 0 Å². The van der Waals surface area contributed by atoms with Crippen molar-refractivity contribution >= 4 is 21.7 Å². The van der Waals surface area contributed by atoms with E-state index in [1.165, 1.54) is 30.0 Å². The van der Waals surface area contributed by atoms with Crippen LogP contribution in [0.15, 0.2) is 29.2 Å². The molecule has 1 N–H and O–H groups in total. The van der Waals surface area contributed by atoms with E-state index in [1.807, 2.05) is 6.92 Å². The third kappa shape index (κ3) is 3.63. The van der Waals surface area contributed by atoms with Crippen molar-refractivity contribution in [2.24, 2.45) is 16.7 Å². The van der Waals surface area contributed by atoms with Crippen molar-refractivity contribution in [3.8, 4) is 0 Å². The van der Waals surface area contributed by atoms with Gasteiger partial charge in [-0.2, -0.15) is 4.31 Å². The molecule has 4 aliphatic carbocycles. The Hall–Kier alpha value is -1.73. The van der Waals surface area contributed by atoms with E-state index >= 15 is 0 Å². The van der Waals surface area contributed by atoms with Crippen molar-refractivity contribution in [3.05, 3.63) is 29.8 Å². The summed E-state index contributed by atoms with van der Waals surface area (Å²) >= 11 is 0. The van der Waals surface area contributed by atoms with Gasteiger partial charge in [-0.3, -0.25) is 9.59 Å². The molecular formula is C24H32N2O4S. The summed E-state index contributed by atoms with van der Waals surface area (Å²) in [4.78, 5) is 26.2. The average molecular weight is 445 g/mol. The fourth-order valence-electron chi connectivity index (χ4n) is 7.00. The lowest BCUT2D eigenvalue weighted by molar-refractivity contribution is -0.175. The maximum absolute atomic E-state index is 13.1. The van der Waals surface area contributed by atoms with Gasteiger partial charge in [0.05, 0.1) is 4.90 Å². The molecule has 5 aliphatic rings. The van der Waals surface area contributed by atoms with Crippen LogP contribution >= 0.6 is 0 Å². The first-order valence-electron chi connectivity index (χ1n) is 11.6. The van der Waals surface area contributed by atoms with Crippen molar-refractivity contribution in [2.75, 3.05) is 13.1 Å². The SMILES string of the molecule is Cc1ccc(S(=O)(=O)N2CCC(NC(=O)C(=O)C34CC5CCCC(C5)(C3)C4)CC2)cc1. The molecular weight excluding hydrogens is 412 g/mol. The van der Waals surface area contributed by atoms with Crippen LogP contribution in [0.5, 0.6) is 0 Å². The number of nitrogens with zero attached hydrogens (tertiary/aromatic N) is 1. The Morgan fingerprint density at radius 2 is 1.71 bits per heavy atom. The third-order valence-electron chi connectivity index (χ3n) is 8.28. The van der Waals surface area contributed by atoms with Crippen LogP contribution in [0.3, 0.4) is 0 Å². The molecule has 1 heterocycles. The highest BCUT2D eigenvalue weighted by atomic mass is 32.2. The second-order valence-corrected chi connectivity index (χ2v) is 12.5. The number of rotatable bonds is 5. The summed E-state index contributed by atoms with van der Waals surface area (Å²) in [5, 5.41) is 2.94. The molecule has 3 bridgehead atoms. The number of nitrogens with one attached hydrogen (secondary N) is 1. The van der Waals surface area contributed by atoms with Gasteiger partial charge in [0.25, 0.3) is 5.91 Å². The Bertz CT molecular complexity index is 981. The summed E-state index contributed by atoms with van der Waals surface area (Å²) in [5.41, 5.74) is 0.943. The smallest absolute Gasteiger partial charge is 0.288 e. The molecule has 0 radical (unpaired) electrons. The second-order valence-electron chi connectivity index (χ2n) is 10.6. The van der Waals surface area contributed by atoms with Gasteiger partial charge < -0.3 is 5.32 Å². The first kappa shape index (κ1) is 21.1. The number of hydrogen-bond donors (Lipinski definition) is 1. The Morgan fingerprint density at radius 1 is 1.03 bits per heavy atom. The molecule has 6 rings (SSSR count). The molecule has 1 unspecified atom stereocenters. The van der Waals surface area contributed by atoms with Crippen molar-refractivity contribution in [1.29, 1.82) is 0 Å². The maximum atomic E-state index is 13.1. The van der Waals surface area contributed by atoms with Crippen molar-refractivity contribution in [1.82, 2.24) is 9.62 Å². The first-order chi connectivity index (χ1) is 14.7. The minimum atomic E-state index is -3.52. The van der Waals surface area contributed by atoms with Crippen LogP contribution in [-0.2, 0) is 19.6 Å². The lowest BCUT2D eigenvalue weighted by Gasteiger charge is -2.64. The molecule has 1 aromatic carbocycles.